The first-order valence-electron chi connectivity index (χ1n) is 5.49. The molecule has 88 valence electrons. The second-order valence-corrected chi connectivity index (χ2v) is 6.29. The van der Waals surface area contributed by atoms with Gasteiger partial charge in [-0.1, -0.05) is 0 Å². The molecule has 0 aromatic carbocycles. The second-order valence-electron chi connectivity index (χ2n) is 5.21. The van der Waals surface area contributed by atoms with Gasteiger partial charge in [0.05, 0.1) is 5.00 Å². The molecule has 0 amide bonds. The van der Waals surface area contributed by atoms with Crippen molar-refractivity contribution in [3.8, 4) is 0 Å². The van der Waals surface area contributed by atoms with Gasteiger partial charge in [0.2, 0.25) is 0 Å². The molecule has 2 rings (SSSR count). The third-order valence-electron chi connectivity index (χ3n) is 2.38. The number of nitrogen functional groups attached to an aromatic ring is 1. The summed E-state index contributed by atoms with van der Waals surface area (Å²) in [5.74, 6) is 0.284. The lowest BCUT2D eigenvalue weighted by atomic mass is 10.1. The molecule has 1 heterocycles. The number of hydrogen-bond acceptors (Lipinski definition) is 4. The number of carbonyl (C=O) groups excluding carboxylic acids is 1. The van der Waals surface area contributed by atoms with Crippen LogP contribution >= 0.6 is 11.3 Å². The Kier molecular flexibility index (Phi) is 2.70. The van der Waals surface area contributed by atoms with E-state index in [1.54, 1.807) is 0 Å². The van der Waals surface area contributed by atoms with Crippen LogP contribution in [0.2, 0.25) is 0 Å². The molecule has 1 aromatic heterocycles. The summed E-state index contributed by atoms with van der Waals surface area (Å²) in [5.41, 5.74) is 6.39. The van der Waals surface area contributed by atoms with Crippen LogP contribution in [0.4, 0.5) is 5.00 Å². The van der Waals surface area contributed by atoms with Gasteiger partial charge in [0, 0.05) is 0 Å². The highest BCUT2D eigenvalue weighted by Gasteiger charge is 2.31. The van der Waals surface area contributed by atoms with E-state index in [1.807, 2.05) is 26.8 Å². The molecule has 0 atom stereocenters. The third-order valence-corrected chi connectivity index (χ3v) is 3.34. The molecule has 0 spiro atoms. The van der Waals surface area contributed by atoms with Crippen LogP contribution in [0, 0.1) is 0 Å². The van der Waals surface area contributed by atoms with Gasteiger partial charge in [0.15, 0.2) is 0 Å². The first-order chi connectivity index (χ1) is 7.37. The Morgan fingerprint density at radius 1 is 1.50 bits per heavy atom. The van der Waals surface area contributed by atoms with E-state index in [0.717, 1.165) is 18.4 Å². The van der Waals surface area contributed by atoms with Gasteiger partial charge in [0.1, 0.15) is 10.5 Å². The number of esters is 1. The minimum absolute atomic E-state index is 0.240. The van der Waals surface area contributed by atoms with Crippen molar-refractivity contribution in [2.24, 2.45) is 0 Å². The number of hydrogen-bond donors (Lipinski definition) is 1. The molecule has 1 aromatic rings. The molecule has 16 heavy (non-hydrogen) atoms. The van der Waals surface area contributed by atoms with Gasteiger partial charge in [0.25, 0.3) is 0 Å². The van der Waals surface area contributed by atoms with Crippen molar-refractivity contribution in [1.29, 1.82) is 0 Å². The van der Waals surface area contributed by atoms with Gasteiger partial charge >= 0.3 is 5.97 Å². The van der Waals surface area contributed by atoms with Crippen LogP contribution in [0.5, 0.6) is 0 Å². The third kappa shape index (κ3) is 2.55. The molecule has 2 N–H and O–H groups in total. The van der Waals surface area contributed by atoms with Gasteiger partial charge < -0.3 is 10.5 Å². The van der Waals surface area contributed by atoms with Gasteiger partial charge in [-0.05, 0) is 51.2 Å². The fourth-order valence-electron chi connectivity index (χ4n) is 1.61. The monoisotopic (exact) mass is 239 g/mol. The highest BCUT2D eigenvalue weighted by molar-refractivity contribution is 7.17. The molecule has 1 aliphatic carbocycles. The van der Waals surface area contributed by atoms with Crippen LogP contribution in [-0.4, -0.2) is 11.6 Å². The molecule has 1 saturated carbocycles. The zero-order valence-corrected chi connectivity index (χ0v) is 10.7. The summed E-state index contributed by atoms with van der Waals surface area (Å²) >= 11 is 1.33. The Labute approximate surface area is 99.6 Å². The smallest absolute Gasteiger partial charge is 0.349 e. The van der Waals surface area contributed by atoms with Crippen molar-refractivity contribution >= 4 is 22.3 Å². The summed E-state index contributed by atoms with van der Waals surface area (Å²) in [6.07, 6.45) is 2.32. The van der Waals surface area contributed by atoms with Crippen molar-refractivity contribution in [1.82, 2.24) is 0 Å². The van der Waals surface area contributed by atoms with Crippen molar-refractivity contribution in [3.63, 3.8) is 0 Å². The Morgan fingerprint density at radius 3 is 2.62 bits per heavy atom. The first kappa shape index (κ1) is 11.5. The molecule has 0 bridgehead atoms. The summed E-state index contributed by atoms with van der Waals surface area (Å²) in [5, 5.41) is 0.697. The summed E-state index contributed by atoms with van der Waals surface area (Å²) < 4.78 is 5.37. The van der Waals surface area contributed by atoms with Crippen LogP contribution in [0.3, 0.4) is 0 Å². The highest BCUT2D eigenvalue weighted by atomic mass is 32.1. The van der Waals surface area contributed by atoms with Crippen LogP contribution in [0.25, 0.3) is 0 Å². The Morgan fingerprint density at radius 2 is 2.12 bits per heavy atom. The van der Waals surface area contributed by atoms with Gasteiger partial charge in [-0.25, -0.2) is 4.79 Å². The predicted octanol–water partition coefficient (Wildman–Crippen LogP) is 3.16. The topological polar surface area (TPSA) is 52.3 Å². The average molecular weight is 239 g/mol. The summed E-state index contributed by atoms with van der Waals surface area (Å²) in [4.78, 5) is 12.6. The van der Waals surface area contributed by atoms with E-state index < -0.39 is 5.60 Å². The van der Waals surface area contributed by atoms with E-state index in [1.165, 1.54) is 11.3 Å². The van der Waals surface area contributed by atoms with Gasteiger partial charge in [-0.3, -0.25) is 0 Å². The Balaban J connectivity index is 2.22. The van der Waals surface area contributed by atoms with E-state index in [9.17, 15) is 4.79 Å². The molecule has 0 aliphatic heterocycles. The van der Waals surface area contributed by atoms with E-state index >= 15 is 0 Å². The number of rotatable bonds is 2. The van der Waals surface area contributed by atoms with Crippen LogP contribution < -0.4 is 5.73 Å². The van der Waals surface area contributed by atoms with Crippen LogP contribution in [-0.2, 0) is 4.74 Å². The SMILES string of the molecule is CC(C)(C)OC(=O)c1sc(N)cc1C1CC1. The van der Waals surface area contributed by atoms with Crippen molar-refractivity contribution < 1.29 is 9.53 Å². The first-order valence-corrected chi connectivity index (χ1v) is 6.31. The molecule has 0 unspecified atom stereocenters. The second kappa shape index (κ2) is 3.77. The highest BCUT2D eigenvalue weighted by Crippen LogP contribution is 2.45. The van der Waals surface area contributed by atoms with E-state index in [2.05, 4.69) is 0 Å². The average Bonchev–Trinajstić information content (AvgIpc) is 2.87. The van der Waals surface area contributed by atoms with Gasteiger partial charge in [-0.15, -0.1) is 11.3 Å². The van der Waals surface area contributed by atoms with Gasteiger partial charge in [-0.2, -0.15) is 0 Å². The predicted molar refractivity (Wildman–Crippen MR) is 65.9 cm³/mol. The minimum Gasteiger partial charge on any atom is -0.456 e. The van der Waals surface area contributed by atoms with E-state index in [-0.39, 0.29) is 5.97 Å². The Hall–Kier alpha value is -1.03. The molecule has 3 nitrogen and oxygen atoms in total. The van der Waals surface area contributed by atoms with Crippen LogP contribution in [0.15, 0.2) is 6.07 Å². The fraction of sp³-hybridized carbons (Fsp3) is 0.583. The number of ether oxygens (including phenoxy) is 1. The molecule has 4 heteroatoms. The largest absolute Gasteiger partial charge is 0.456 e. The number of thiophene rings is 1. The lowest BCUT2D eigenvalue weighted by molar-refractivity contribution is 0.00741. The summed E-state index contributed by atoms with van der Waals surface area (Å²) in [6, 6.07) is 1.92. The lowest BCUT2D eigenvalue weighted by Crippen LogP contribution is -2.23. The van der Waals surface area contributed by atoms with E-state index in [4.69, 9.17) is 10.5 Å². The normalized spacial score (nSPS) is 16.2. The maximum atomic E-state index is 12.0. The summed E-state index contributed by atoms with van der Waals surface area (Å²) in [7, 11) is 0. The van der Waals surface area contributed by atoms with Crippen LogP contribution in [0.1, 0.15) is 54.8 Å². The lowest BCUT2D eigenvalue weighted by Gasteiger charge is -2.19. The number of anilines is 1. The molecular formula is C12H17NO2S. The summed E-state index contributed by atoms with van der Waals surface area (Å²) in [6.45, 7) is 5.62. The van der Waals surface area contributed by atoms with Crippen molar-refractivity contribution in [2.45, 2.75) is 45.1 Å². The maximum Gasteiger partial charge on any atom is 0.349 e. The quantitative estimate of drug-likeness (QED) is 0.806. The van der Waals surface area contributed by atoms with Crippen molar-refractivity contribution in [3.05, 3.63) is 16.5 Å². The van der Waals surface area contributed by atoms with Crippen molar-refractivity contribution in [2.75, 3.05) is 5.73 Å². The standard InChI is InChI=1S/C12H17NO2S/c1-12(2,3)15-11(14)10-8(7-4-5-7)6-9(13)16-10/h6-7H,4-5,13H2,1-3H3. The maximum absolute atomic E-state index is 12.0. The Bertz CT molecular complexity index is 413. The zero-order valence-electron chi connectivity index (χ0n) is 9.87. The number of carbonyl (C=O) groups is 1. The molecule has 1 aliphatic rings. The fourth-order valence-corrected chi connectivity index (χ4v) is 2.50. The van der Waals surface area contributed by atoms with E-state index in [0.29, 0.717) is 15.8 Å². The molecular weight excluding hydrogens is 222 g/mol. The molecule has 0 radical (unpaired) electrons. The number of nitrogens with two attached hydrogens (primary N) is 1. The molecule has 0 saturated heterocycles. The molecule has 1 fully saturated rings. The zero-order chi connectivity index (χ0) is 11.9. The minimum atomic E-state index is -0.448.